The Labute approximate surface area is 134 Å². The summed E-state index contributed by atoms with van der Waals surface area (Å²) >= 11 is 6.77. The zero-order chi connectivity index (χ0) is 15.2. The summed E-state index contributed by atoms with van der Waals surface area (Å²) in [6, 6.07) is 8.99. The minimum atomic E-state index is -4.36. The summed E-state index contributed by atoms with van der Waals surface area (Å²) < 4.78 is 39.8. The Bertz CT molecular complexity index is 825. The van der Waals surface area contributed by atoms with Crippen LogP contribution in [0, 0.1) is 0 Å². The van der Waals surface area contributed by atoms with Crippen molar-refractivity contribution in [3.63, 3.8) is 0 Å². The van der Waals surface area contributed by atoms with E-state index in [1.807, 2.05) is 18.2 Å². The Kier molecular flexibility index (Phi) is 3.57. The van der Waals surface area contributed by atoms with Gasteiger partial charge < -0.3 is 4.98 Å². The second-order valence-corrected chi connectivity index (χ2v) is 6.21. The normalized spacial score (nSPS) is 12.0. The lowest BCUT2D eigenvalue weighted by Gasteiger charge is -2.05. The molecule has 0 amide bonds. The number of aromatic amines is 1. The molecule has 21 heavy (non-hydrogen) atoms. The Morgan fingerprint density at radius 1 is 1.00 bits per heavy atom. The zero-order valence-corrected chi connectivity index (χ0v) is 13.5. The molecule has 0 bridgehead atoms. The van der Waals surface area contributed by atoms with Crippen LogP contribution in [0.1, 0.15) is 5.56 Å². The zero-order valence-electron chi connectivity index (χ0n) is 10.3. The van der Waals surface area contributed by atoms with Gasteiger partial charge in [0.2, 0.25) is 0 Å². The third kappa shape index (κ3) is 2.85. The molecule has 108 valence electrons. The van der Waals surface area contributed by atoms with E-state index < -0.39 is 11.7 Å². The Balaban J connectivity index is 2.13. The average molecular weight is 420 g/mol. The molecule has 0 fully saturated rings. The van der Waals surface area contributed by atoms with Crippen molar-refractivity contribution in [2.45, 2.75) is 6.18 Å². The molecule has 7 heteroatoms. The second kappa shape index (κ2) is 5.14. The highest BCUT2D eigenvalue weighted by Crippen LogP contribution is 2.33. The lowest BCUT2D eigenvalue weighted by atomic mass is 10.2. The Hall–Kier alpha value is -1.34. The number of rotatable bonds is 1. The third-order valence-corrected chi connectivity index (χ3v) is 4.14. The standard InChI is InChI=1S/C14H7Br2F3N2/c15-8-2-3-9(10(16)6-8)13-20-11-4-1-7(14(17,18)19)5-12(11)21-13/h1-6H,(H,20,21). The number of halogens is 5. The number of nitrogens with one attached hydrogen (secondary N) is 1. The van der Waals surface area contributed by atoms with Crippen LogP contribution >= 0.6 is 31.9 Å². The van der Waals surface area contributed by atoms with Gasteiger partial charge in [-0.1, -0.05) is 15.9 Å². The van der Waals surface area contributed by atoms with E-state index in [1.54, 1.807) is 0 Å². The lowest BCUT2D eigenvalue weighted by molar-refractivity contribution is -0.137. The maximum atomic E-state index is 12.7. The van der Waals surface area contributed by atoms with Gasteiger partial charge in [-0.2, -0.15) is 13.2 Å². The third-order valence-electron chi connectivity index (χ3n) is 3.00. The molecular formula is C14H7Br2F3N2. The molecule has 1 N–H and O–H groups in total. The van der Waals surface area contributed by atoms with Crippen LogP contribution < -0.4 is 0 Å². The van der Waals surface area contributed by atoms with E-state index in [1.165, 1.54) is 6.07 Å². The van der Waals surface area contributed by atoms with Crippen molar-refractivity contribution in [1.82, 2.24) is 9.97 Å². The van der Waals surface area contributed by atoms with Crippen LogP contribution in [0.2, 0.25) is 0 Å². The Morgan fingerprint density at radius 3 is 2.43 bits per heavy atom. The van der Waals surface area contributed by atoms with E-state index in [0.29, 0.717) is 16.9 Å². The van der Waals surface area contributed by atoms with E-state index >= 15 is 0 Å². The molecule has 0 saturated heterocycles. The highest BCUT2D eigenvalue weighted by atomic mass is 79.9. The molecule has 1 heterocycles. The van der Waals surface area contributed by atoms with E-state index in [0.717, 1.165) is 26.6 Å². The highest BCUT2D eigenvalue weighted by molar-refractivity contribution is 9.11. The topological polar surface area (TPSA) is 28.7 Å². The fourth-order valence-electron chi connectivity index (χ4n) is 2.00. The number of nitrogens with zero attached hydrogens (tertiary/aromatic N) is 1. The first-order chi connectivity index (χ1) is 9.84. The second-order valence-electron chi connectivity index (χ2n) is 4.44. The predicted molar refractivity (Wildman–Crippen MR) is 81.9 cm³/mol. The summed E-state index contributed by atoms with van der Waals surface area (Å²) in [5.41, 5.74) is 0.936. The summed E-state index contributed by atoms with van der Waals surface area (Å²) in [6.07, 6.45) is -4.36. The maximum absolute atomic E-state index is 12.7. The average Bonchev–Trinajstić information content (AvgIpc) is 2.79. The Morgan fingerprint density at radius 2 is 1.76 bits per heavy atom. The first kappa shape index (κ1) is 14.6. The molecular weight excluding hydrogens is 413 g/mol. The van der Waals surface area contributed by atoms with Crippen molar-refractivity contribution in [1.29, 1.82) is 0 Å². The van der Waals surface area contributed by atoms with Crippen LogP contribution in [0.3, 0.4) is 0 Å². The molecule has 3 rings (SSSR count). The van der Waals surface area contributed by atoms with E-state index in [-0.39, 0.29) is 0 Å². The largest absolute Gasteiger partial charge is 0.416 e. The SMILES string of the molecule is FC(F)(F)c1ccc2nc(-c3ccc(Br)cc3Br)[nH]c2c1. The molecule has 0 unspecified atom stereocenters. The number of H-pyrrole nitrogens is 1. The van der Waals surface area contributed by atoms with Gasteiger partial charge in [0.25, 0.3) is 0 Å². The number of hydrogen-bond acceptors (Lipinski definition) is 1. The molecule has 0 aliphatic rings. The molecule has 1 aromatic heterocycles. The number of alkyl halides is 3. The molecule has 3 aromatic rings. The van der Waals surface area contributed by atoms with Crippen LogP contribution in [0.15, 0.2) is 45.3 Å². The van der Waals surface area contributed by atoms with Crippen LogP contribution in [0.4, 0.5) is 13.2 Å². The summed E-state index contributed by atoms with van der Waals surface area (Å²) in [5, 5.41) is 0. The van der Waals surface area contributed by atoms with Gasteiger partial charge >= 0.3 is 6.18 Å². The van der Waals surface area contributed by atoms with Gasteiger partial charge in [-0.15, -0.1) is 0 Å². The van der Waals surface area contributed by atoms with E-state index in [4.69, 9.17) is 0 Å². The smallest absolute Gasteiger partial charge is 0.338 e. The van der Waals surface area contributed by atoms with Crippen LogP contribution in [0.5, 0.6) is 0 Å². The van der Waals surface area contributed by atoms with Crippen molar-refractivity contribution >= 4 is 42.9 Å². The first-order valence-electron chi connectivity index (χ1n) is 5.87. The summed E-state index contributed by atoms with van der Waals surface area (Å²) in [5.74, 6) is 0.517. The highest BCUT2D eigenvalue weighted by Gasteiger charge is 2.30. The minimum Gasteiger partial charge on any atom is -0.338 e. The minimum absolute atomic E-state index is 0.356. The number of fused-ring (bicyclic) bond motifs is 1. The number of benzene rings is 2. The molecule has 0 radical (unpaired) electrons. The van der Waals surface area contributed by atoms with Crippen LogP contribution in [-0.2, 0) is 6.18 Å². The van der Waals surface area contributed by atoms with Gasteiger partial charge in [0.15, 0.2) is 0 Å². The van der Waals surface area contributed by atoms with Crippen molar-refractivity contribution < 1.29 is 13.2 Å². The fraction of sp³-hybridized carbons (Fsp3) is 0.0714. The van der Waals surface area contributed by atoms with Crippen molar-refractivity contribution in [3.8, 4) is 11.4 Å². The van der Waals surface area contributed by atoms with Gasteiger partial charge in [0, 0.05) is 14.5 Å². The van der Waals surface area contributed by atoms with Gasteiger partial charge in [-0.3, -0.25) is 0 Å². The van der Waals surface area contributed by atoms with Crippen molar-refractivity contribution in [2.75, 3.05) is 0 Å². The van der Waals surface area contributed by atoms with Gasteiger partial charge in [0.05, 0.1) is 16.6 Å². The van der Waals surface area contributed by atoms with Crippen LogP contribution in [-0.4, -0.2) is 9.97 Å². The molecule has 0 aliphatic heterocycles. The molecule has 0 aliphatic carbocycles. The summed E-state index contributed by atoms with van der Waals surface area (Å²) in [6.45, 7) is 0. The van der Waals surface area contributed by atoms with Crippen molar-refractivity contribution in [2.24, 2.45) is 0 Å². The van der Waals surface area contributed by atoms with E-state index in [2.05, 4.69) is 41.8 Å². The first-order valence-corrected chi connectivity index (χ1v) is 7.45. The van der Waals surface area contributed by atoms with Gasteiger partial charge in [-0.05, 0) is 52.3 Å². The molecule has 0 spiro atoms. The fourth-order valence-corrected chi connectivity index (χ4v) is 3.23. The lowest BCUT2D eigenvalue weighted by Crippen LogP contribution is -2.04. The summed E-state index contributed by atoms with van der Waals surface area (Å²) in [7, 11) is 0. The quantitative estimate of drug-likeness (QED) is 0.532. The predicted octanol–water partition coefficient (Wildman–Crippen LogP) is 5.77. The number of imidazole rings is 1. The van der Waals surface area contributed by atoms with E-state index in [9.17, 15) is 13.2 Å². The van der Waals surface area contributed by atoms with Gasteiger partial charge in [-0.25, -0.2) is 4.98 Å². The molecule has 0 atom stereocenters. The number of aromatic nitrogens is 2. The summed E-state index contributed by atoms with van der Waals surface area (Å²) in [4.78, 5) is 7.26. The molecule has 0 saturated carbocycles. The molecule has 2 nitrogen and oxygen atoms in total. The number of hydrogen-bond donors (Lipinski definition) is 1. The van der Waals surface area contributed by atoms with Gasteiger partial charge in [0.1, 0.15) is 5.82 Å². The maximum Gasteiger partial charge on any atom is 0.416 e. The monoisotopic (exact) mass is 418 g/mol. The van der Waals surface area contributed by atoms with Crippen LogP contribution in [0.25, 0.3) is 22.4 Å². The van der Waals surface area contributed by atoms with Crippen molar-refractivity contribution in [3.05, 3.63) is 50.9 Å². The molecule has 2 aromatic carbocycles.